The SMILES string of the molecule is CN(C)N(C(=O)c1ccc(Cl)cc1)C1CS(=O)(=O)CC1O. The van der Waals surface area contributed by atoms with Crippen LogP contribution in [0.4, 0.5) is 0 Å². The van der Waals surface area contributed by atoms with Crippen LogP contribution >= 0.6 is 11.6 Å². The van der Waals surface area contributed by atoms with Crippen molar-refractivity contribution in [1.29, 1.82) is 0 Å². The first-order chi connectivity index (χ1) is 9.71. The molecule has 1 heterocycles. The molecule has 0 radical (unpaired) electrons. The Hall–Kier alpha value is -1.15. The summed E-state index contributed by atoms with van der Waals surface area (Å²) in [4.78, 5) is 12.6. The van der Waals surface area contributed by atoms with E-state index in [1.807, 2.05) is 0 Å². The summed E-state index contributed by atoms with van der Waals surface area (Å²) in [5.41, 5.74) is 0.379. The number of sulfone groups is 1. The highest BCUT2D eigenvalue weighted by atomic mass is 35.5. The third-order valence-corrected chi connectivity index (χ3v) is 5.29. The van der Waals surface area contributed by atoms with E-state index in [1.54, 1.807) is 38.4 Å². The minimum atomic E-state index is -3.34. The van der Waals surface area contributed by atoms with E-state index in [2.05, 4.69) is 0 Å². The Kier molecular flexibility index (Phi) is 4.57. The minimum absolute atomic E-state index is 0.244. The zero-order valence-corrected chi connectivity index (χ0v) is 13.3. The average Bonchev–Trinajstić information content (AvgIpc) is 2.63. The molecule has 0 aliphatic carbocycles. The number of carbonyl (C=O) groups excluding carboxylic acids is 1. The summed E-state index contributed by atoms with van der Waals surface area (Å²) in [5, 5.41) is 13.2. The van der Waals surface area contributed by atoms with Crippen molar-refractivity contribution in [2.45, 2.75) is 12.1 Å². The molecule has 0 spiro atoms. The number of hydrogen-bond donors (Lipinski definition) is 1. The monoisotopic (exact) mass is 332 g/mol. The van der Waals surface area contributed by atoms with Gasteiger partial charge in [0.1, 0.15) is 0 Å². The summed E-state index contributed by atoms with van der Waals surface area (Å²) in [5.74, 6) is -0.945. The van der Waals surface area contributed by atoms with Gasteiger partial charge in [-0.2, -0.15) is 0 Å². The molecule has 0 aromatic heterocycles. The molecule has 1 aliphatic heterocycles. The van der Waals surface area contributed by atoms with Gasteiger partial charge in [0, 0.05) is 24.7 Å². The lowest BCUT2D eigenvalue weighted by Crippen LogP contribution is -2.53. The van der Waals surface area contributed by atoms with Crippen LogP contribution in [0.5, 0.6) is 0 Å². The summed E-state index contributed by atoms with van der Waals surface area (Å²) < 4.78 is 23.3. The molecule has 21 heavy (non-hydrogen) atoms. The first kappa shape index (κ1) is 16.2. The van der Waals surface area contributed by atoms with Crippen LogP contribution in [-0.2, 0) is 9.84 Å². The van der Waals surface area contributed by atoms with Gasteiger partial charge in [0.05, 0.1) is 23.7 Å². The van der Waals surface area contributed by atoms with Crippen molar-refractivity contribution in [2.24, 2.45) is 0 Å². The largest absolute Gasteiger partial charge is 0.390 e. The molecule has 2 unspecified atom stereocenters. The molecule has 1 aliphatic rings. The third kappa shape index (κ3) is 3.55. The van der Waals surface area contributed by atoms with Crippen LogP contribution in [0, 0.1) is 0 Å². The van der Waals surface area contributed by atoms with Crippen LogP contribution in [0.25, 0.3) is 0 Å². The normalized spacial score (nSPS) is 24.2. The second kappa shape index (κ2) is 5.92. The van der Waals surface area contributed by atoms with Crippen LogP contribution in [0.2, 0.25) is 5.02 Å². The summed E-state index contributed by atoms with van der Waals surface area (Å²) in [6.07, 6.45) is -1.09. The molecule has 1 N–H and O–H groups in total. The minimum Gasteiger partial charge on any atom is -0.390 e. The number of hydrazine groups is 1. The average molecular weight is 333 g/mol. The van der Waals surface area contributed by atoms with Crippen LogP contribution in [0.1, 0.15) is 10.4 Å². The van der Waals surface area contributed by atoms with E-state index >= 15 is 0 Å². The second-order valence-electron chi connectivity index (χ2n) is 5.22. The molecule has 0 bridgehead atoms. The van der Waals surface area contributed by atoms with Crippen LogP contribution in [0.3, 0.4) is 0 Å². The van der Waals surface area contributed by atoms with Crippen molar-refractivity contribution in [3.8, 4) is 0 Å². The van der Waals surface area contributed by atoms with Crippen molar-refractivity contribution in [1.82, 2.24) is 10.0 Å². The molecule has 1 aromatic rings. The fourth-order valence-electron chi connectivity index (χ4n) is 2.40. The van der Waals surface area contributed by atoms with E-state index in [1.165, 1.54) is 10.0 Å². The number of carbonyl (C=O) groups is 1. The van der Waals surface area contributed by atoms with E-state index in [4.69, 9.17) is 11.6 Å². The molecular formula is C13H17ClN2O4S. The predicted octanol–water partition coefficient (Wildman–Crippen LogP) is 0.417. The topological polar surface area (TPSA) is 77.9 Å². The maximum atomic E-state index is 12.6. The lowest BCUT2D eigenvalue weighted by atomic mass is 10.1. The Morgan fingerprint density at radius 1 is 1.24 bits per heavy atom. The molecule has 1 fully saturated rings. The van der Waals surface area contributed by atoms with Crippen molar-refractivity contribution in [3.05, 3.63) is 34.9 Å². The van der Waals surface area contributed by atoms with Crippen molar-refractivity contribution in [3.63, 3.8) is 0 Å². The maximum Gasteiger partial charge on any atom is 0.268 e. The van der Waals surface area contributed by atoms with Gasteiger partial charge in [-0.25, -0.2) is 13.4 Å². The summed E-state index contributed by atoms with van der Waals surface area (Å²) in [7, 11) is -0.0764. The van der Waals surface area contributed by atoms with E-state index in [0.717, 1.165) is 0 Å². The summed E-state index contributed by atoms with van der Waals surface area (Å²) >= 11 is 5.79. The van der Waals surface area contributed by atoms with Gasteiger partial charge in [-0.15, -0.1) is 0 Å². The van der Waals surface area contributed by atoms with Gasteiger partial charge in [0.15, 0.2) is 9.84 Å². The van der Waals surface area contributed by atoms with Crippen LogP contribution in [-0.4, -0.2) is 67.2 Å². The molecule has 1 amide bonds. The Morgan fingerprint density at radius 2 is 1.81 bits per heavy atom. The lowest BCUT2D eigenvalue weighted by Gasteiger charge is -2.35. The second-order valence-corrected chi connectivity index (χ2v) is 7.81. The molecular weight excluding hydrogens is 316 g/mol. The molecule has 2 atom stereocenters. The molecule has 0 saturated carbocycles. The van der Waals surface area contributed by atoms with E-state index in [9.17, 15) is 18.3 Å². The van der Waals surface area contributed by atoms with Crippen LogP contribution < -0.4 is 0 Å². The zero-order valence-electron chi connectivity index (χ0n) is 11.7. The highest BCUT2D eigenvalue weighted by Crippen LogP contribution is 2.22. The fourth-order valence-corrected chi connectivity index (χ4v) is 4.29. The van der Waals surface area contributed by atoms with Crippen molar-refractivity contribution in [2.75, 3.05) is 25.6 Å². The molecule has 1 aromatic carbocycles. The van der Waals surface area contributed by atoms with Crippen molar-refractivity contribution < 1.29 is 18.3 Å². The van der Waals surface area contributed by atoms with Gasteiger partial charge >= 0.3 is 0 Å². The highest BCUT2D eigenvalue weighted by Gasteiger charge is 2.43. The Labute approximate surface area is 128 Å². The third-order valence-electron chi connectivity index (χ3n) is 3.34. The zero-order chi connectivity index (χ0) is 15.8. The predicted molar refractivity (Wildman–Crippen MR) is 79.8 cm³/mol. The number of benzene rings is 1. The summed E-state index contributed by atoms with van der Waals surface area (Å²) in [6, 6.07) is 5.52. The Balaban J connectivity index is 2.31. The molecule has 2 rings (SSSR count). The number of aliphatic hydroxyl groups excluding tert-OH is 1. The van der Waals surface area contributed by atoms with Gasteiger partial charge in [-0.05, 0) is 24.3 Å². The first-order valence-electron chi connectivity index (χ1n) is 6.36. The maximum absolute atomic E-state index is 12.6. The molecule has 116 valence electrons. The number of rotatable bonds is 3. The number of halogens is 1. The van der Waals surface area contributed by atoms with Gasteiger partial charge in [0.25, 0.3) is 5.91 Å². The number of hydrogen-bond acceptors (Lipinski definition) is 5. The first-order valence-corrected chi connectivity index (χ1v) is 8.56. The van der Waals surface area contributed by atoms with Crippen LogP contribution in [0.15, 0.2) is 24.3 Å². The Bertz CT molecular complexity index is 630. The van der Waals surface area contributed by atoms with Gasteiger partial charge in [0.2, 0.25) is 0 Å². The molecule has 8 heteroatoms. The van der Waals surface area contributed by atoms with E-state index in [-0.39, 0.29) is 17.4 Å². The van der Waals surface area contributed by atoms with Gasteiger partial charge < -0.3 is 5.11 Å². The van der Waals surface area contributed by atoms with Gasteiger partial charge in [-0.3, -0.25) is 9.80 Å². The standard InChI is InChI=1S/C13H17ClN2O4S/c1-15(2)16(11-7-21(19,20)8-12(11)17)13(18)9-3-5-10(14)6-4-9/h3-6,11-12,17H,7-8H2,1-2H3. The smallest absolute Gasteiger partial charge is 0.268 e. The highest BCUT2D eigenvalue weighted by molar-refractivity contribution is 7.91. The van der Waals surface area contributed by atoms with E-state index < -0.39 is 22.0 Å². The summed E-state index contributed by atoms with van der Waals surface area (Å²) in [6.45, 7) is 0. The van der Waals surface area contributed by atoms with Gasteiger partial charge in [-0.1, -0.05) is 11.6 Å². The van der Waals surface area contributed by atoms with E-state index in [0.29, 0.717) is 10.6 Å². The lowest BCUT2D eigenvalue weighted by molar-refractivity contribution is -0.0283. The molecule has 6 nitrogen and oxygen atoms in total. The Morgan fingerprint density at radius 3 is 2.24 bits per heavy atom. The number of nitrogens with zero attached hydrogens (tertiary/aromatic N) is 2. The number of amides is 1. The van der Waals surface area contributed by atoms with Crippen molar-refractivity contribution >= 4 is 27.3 Å². The quantitative estimate of drug-likeness (QED) is 0.812. The molecule has 1 saturated heterocycles. The number of aliphatic hydroxyl groups is 1. The fraction of sp³-hybridized carbons (Fsp3) is 0.462.